The van der Waals surface area contributed by atoms with Crippen LogP contribution in [-0.4, -0.2) is 34.9 Å². The molecule has 4 nitrogen and oxygen atoms in total. The Morgan fingerprint density at radius 3 is 2.74 bits per heavy atom. The van der Waals surface area contributed by atoms with Crippen LogP contribution in [0.4, 0.5) is 4.79 Å². The SMILES string of the molecule is CC(C)(C)OC(=O)N1CCC[C@H]1C1=NC(Br)=C(Cl)C1. The van der Waals surface area contributed by atoms with Crippen LogP contribution in [0, 0.1) is 0 Å². The number of carbonyl (C=O) groups is 1. The number of nitrogens with zero attached hydrogens (tertiary/aromatic N) is 2. The van der Waals surface area contributed by atoms with Crippen LogP contribution in [0.5, 0.6) is 0 Å². The molecule has 0 aliphatic carbocycles. The molecule has 0 bridgehead atoms. The average Bonchev–Trinajstić information content (AvgIpc) is 2.83. The van der Waals surface area contributed by atoms with Crippen molar-refractivity contribution in [2.24, 2.45) is 4.99 Å². The largest absolute Gasteiger partial charge is 0.444 e. The van der Waals surface area contributed by atoms with E-state index in [1.165, 1.54) is 0 Å². The van der Waals surface area contributed by atoms with Crippen LogP contribution in [0.1, 0.15) is 40.0 Å². The third-order valence-electron chi connectivity index (χ3n) is 3.07. The van der Waals surface area contributed by atoms with E-state index in [1.54, 1.807) is 4.90 Å². The Morgan fingerprint density at radius 1 is 1.53 bits per heavy atom. The van der Waals surface area contributed by atoms with Crippen LogP contribution in [0.25, 0.3) is 0 Å². The van der Waals surface area contributed by atoms with E-state index in [4.69, 9.17) is 16.3 Å². The normalized spacial score (nSPS) is 23.9. The molecule has 1 fully saturated rings. The molecule has 1 atom stereocenters. The van der Waals surface area contributed by atoms with Crippen molar-refractivity contribution in [2.75, 3.05) is 6.54 Å². The van der Waals surface area contributed by atoms with Crippen LogP contribution in [-0.2, 0) is 4.74 Å². The summed E-state index contributed by atoms with van der Waals surface area (Å²) in [6.45, 7) is 6.34. The molecule has 0 aromatic rings. The highest BCUT2D eigenvalue weighted by molar-refractivity contribution is 9.11. The fourth-order valence-corrected chi connectivity index (χ4v) is 2.85. The second kappa shape index (κ2) is 5.44. The van der Waals surface area contributed by atoms with Gasteiger partial charge in [0, 0.05) is 18.7 Å². The smallest absolute Gasteiger partial charge is 0.410 e. The lowest BCUT2D eigenvalue weighted by molar-refractivity contribution is 0.0265. The van der Waals surface area contributed by atoms with E-state index < -0.39 is 5.60 Å². The van der Waals surface area contributed by atoms with Crippen LogP contribution < -0.4 is 0 Å². The second-order valence-electron chi connectivity index (χ2n) is 5.81. The minimum absolute atomic E-state index is 0.0126. The molecule has 6 heteroatoms. The molecule has 0 N–H and O–H groups in total. The number of ether oxygens (including phenoxy) is 1. The van der Waals surface area contributed by atoms with Gasteiger partial charge in [-0.15, -0.1) is 0 Å². The molecule has 0 aromatic carbocycles. The molecular weight excluding hydrogens is 332 g/mol. The topological polar surface area (TPSA) is 41.9 Å². The van der Waals surface area contributed by atoms with Gasteiger partial charge in [-0.2, -0.15) is 0 Å². The first-order valence-electron chi connectivity index (χ1n) is 6.39. The molecule has 2 aliphatic rings. The molecular formula is C13H18BrClN2O2. The van der Waals surface area contributed by atoms with Gasteiger partial charge >= 0.3 is 6.09 Å². The van der Waals surface area contributed by atoms with Crippen LogP contribution in [0.3, 0.4) is 0 Å². The molecule has 0 aromatic heterocycles. The summed E-state index contributed by atoms with van der Waals surface area (Å²) in [7, 11) is 0. The van der Waals surface area contributed by atoms with E-state index in [2.05, 4.69) is 20.9 Å². The second-order valence-corrected chi connectivity index (χ2v) is 7.01. The van der Waals surface area contributed by atoms with Crippen molar-refractivity contribution in [3.05, 3.63) is 9.64 Å². The molecule has 2 heterocycles. The quantitative estimate of drug-likeness (QED) is 0.671. The fourth-order valence-electron chi connectivity index (χ4n) is 2.30. The highest BCUT2D eigenvalue weighted by atomic mass is 79.9. The number of hydrogen-bond donors (Lipinski definition) is 0. The van der Waals surface area contributed by atoms with Crippen molar-refractivity contribution in [3.63, 3.8) is 0 Å². The van der Waals surface area contributed by atoms with Gasteiger partial charge in [0.2, 0.25) is 0 Å². The highest BCUT2D eigenvalue weighted by Crippen LogP contribution is 2.32. The van der Waals surface area contributed by atoms with Crippen LogP contribution in [0.2, 0.25) is 0 Å². The standard InChI is InChI=1S/C13H18BrClN2O2/c1-13(2,3)19-12(18)17-6-4-5-10(17)9-7-8(15)11(14)16-9/h10H,4-7H2,1-3H3/t10-/m0/s1. The molecule has 1 amide bonds. The van der Waals surface area contributed by atoms with Gasteiger partial charge in [0.25, 0.3) is 0 Å². The maximum atomic E-state index is 12.2. The van der Waals surface area contributed by atoms with Crippen molar-refractivity contribution in [2.45, 2.75) is 51.7 Å². The molecule has 106 valence electrons. The van der Waals surface area contributed by atoms with Gasteiger partial charge in [0.15, 0.2) is 0 Å². The Hall–Kier alpha value is -0.550. The minimum atomic E-state index is -0.474. The Labute approximate surface area is 127 Å². The van der Waals surface area contributed by atoms with E-state index in [-0.39, 0.29) is 12.1 Å². The molecule has 2 rings (SSSR count). The van der Waals surface area contributed by atoms with Gasteiger partial charge in [-0.25, -0.2) is 9.79 Å². The third kappa shape index (κ3) is 3.51. The Kier molecular flexibility index (Phi) is 4.26. The zero-order chi connectivity index (χ0) is 14.2. The number of halogens is 2. The van der Waals surface area contributed by atoms with Crippen molar-refractivity contribution >= 4 is 39.3 Å². The Morgan fingerprint density at radius 2 is 2.21 bits per heavy atom. The summed E-state index contributed by atoms with van der Waals surface area (Å²) >= 11 is 9.38. The van der Waals surface area contributed by atoms with E-state index in [1.807, 2.05) is 20.8 Å². The number of allylic oxidation sites excluding steroid dienone is 1. The van der Waals surface area contributed by atoms with E-state index >= 15 is 0 Å². The Balaban J connectivity index is 2.07. The first-order chi connectivity index (χ1) is 8.78. The van der Waals surface area contributed by atoms with Gasteiger partial charge in [0.1, 0.15) is 10.2 Å². The Bertz CT molecular complexity index is 454. The number of hydrogen-bond acceptors (Lipinski definition) is 3. The van der Waals surface area contributed by atoms with Gasteiger partial charge in [0.05, 0.1) is 11.1 Å². The highest BCUT2D eigenvalue weighted by Gasteiger charge is 2.36. The van der Waals surface area contributed by atoms with Crippen LogP contribution >= 0.6 is 27.5 Å². The predicted molar refractivity (Wildman–Crippen MR) is 79.8 cm³/mol. The van der Waals surface area contributed by atoms with E-state index in [9.17, 15) is 4.79 Å². The lowest BCUT2D eigenvalue weighted by atomic mass is 10.1. The summed E-state index contributed by atoms with van der Waals surface area (Å²) in [4.78, 5) is 18.4. The minimum Gasteiger partial charge on any atom is -0.444 e. The number of rotatable bonds is 1. The van der Waals surface area contributed by atoms with Gasteiger partial charge in [-0.3, -0.25) is 4.90 Å². The number of likely N-dealkylation sites (tertiary alicyclic amines) is 1. The summed E-state index contributed by atoms with van der Waals surface area (Å²) in [6.07, 6.45) is 2.24. The van der Waals surface area contributed by atoms with Crippen molar-refractivity contribution in [3.8, 4) is 0 Å². The molecule has 0 saturated carbocycles. The monoisotopic (exact) mass is 348 g/mol. The lowest BCUT2D eigenvalue weighted by Crippen LogP contribution is -2.43. The summed E-state index contributed by atoms with van der Waals surface area (Å²) in [5, 5.41) is 0.700. The molecule has 0 radical (unpaired) electrons. The number of amides is 1. The zero-order valence-corrected chi connectivity index (χ0v) is 13.7. The molecule has 0 unspecified atom stereocenters. The van der Waals surface area contributed by atoms with Gasteiger partial charge in [-0.1, -0.05) is 11.6 Å². The van der Waals surface area contributed by atoms with Gasteiger partial charge in [-0.05, 0) is 49.5 Å². The zero-order valence-electron chi connectivity index (χ0n) is 11.4. The van der Waals surface area contributed by atoms with Crippen molar-refractivity contribution in [1.82, 2.24) is 4.90 Å². The summed E-state index contributed by atoms with van der Waals surface area (Å²) in [5.41, 5.74) is 0.471. The van der Waals surface area contributed by atoms with Crippen molar-refractivity contribution < 1.29 is 9.53 Å². The maximum absolute atomic E-state index is 12.2. The molecule has 2 aliphatic heterocycles. The van der Waals surface area contributed by atoms with Crippen molar-refractivity contribution in [1.29, 1.82) is 0 Å². The fraction of sp³-hybridized carbons (Fsp3) is 0.692. The number of carbonyl (C=O) groups excluding carboxylic acids is 1. The third-order valence-corrected chi connectivity index (χ3v) is 4.26. The molecule has 0 spiro atoms. The summed E-state index contributed by atoms with van der Waals surface area (Å²) in [5.74, 6) is 0. The first kappa shape index (κ1) is 14.9. The first-order valence-corrected chi connectivity index (χ1v) is 7.56. The van der Waals surface area contributed by atoms with Crippen LogP contribution in [0.15, 0.2) is 14.6 Å². The predicted octanol–water partition coefficient (Wildman–Crippen LogP) is 4.03. The van der Waals surface area contributed by atoms with E-state index in [0.29, 0.717) is 22.6 Å². The summed E-state index contributed by atoms with van der Waals surface area (Å²) in [6, 6.07) is 0.0126. The molecule has 1 saturated heterocycles. The van der Waals surface area contributed by atoms with E-state index in [0.717, 1.165) is 18.6 Å². The summed E-state index contributed by atoms with van der Waals surface area (Å²) < 4.78 is 6.12. The number of aliphatic imine (C=N–C) groups is 1. The average molecular weight is 350 g/mol. The van der Waals surface area contributed by atoms with Gasteiger partial charge < -0.3 is 4.74 Å². The lowest BCUT2D eigenvalue weighted by Gasteiger charge is -2.28. The molecule has 19 heavy (non-hydrogen) atoms. The maximum Gasteiger partial charge on any atom is 0.410 e.